The number of anilines is 1. The van der Waals surface area contributed by atoms with Crippen LogP contribution < -0.4 is 25.4 Å². The van der Waals surface area contributed by atoms with Gasteiger partial charge in [0.15, 0.2) is 5.13 Å². The SMILES string of the molecule is COc1ccc2c(O[C@@H]3CC4C(=O)N[C@]5(C(=O)O)C[C@H]5/C=C\CCCCC[C@@H](NC(=O)OC5CCCC5)C(=O)N4C3)cc(-c3csc(NC(C)=O)n3)nc2c1. The highest BCUT2D eigenvalue weighted by Gasteiger charge is 2.61. The molecule has 2 aromatic heterocycles. The maximum atomic E-state index is 14.5. The van der Waals surface area contributed by atoms with Gasteiger partial charge < -0.3 is 40.2 Å². The molecule has 7 rings (SSSR count). The molecule has 15 nitrogen and oxygen atoms in total. The summed E-state index contributed by atoms with van der Waals surface area (Å²) in [6.45, 7) is 1.39. The highest BCUT2D eigenvalue weighted by molar-refractivity contribution is 7.14. The minimum absolute atomic E-state index is 0.00510. The van der Waals surface area contributed by atoms with Gasteiger partial charge in [0.25, 0.3) is 0 Å². The summed E-state index contributed by atoms with van der Waals surface area (Å²) in [4.78, 5) is 76.8. The molecule has 4 aliphatic rings. The average molecular weight is 775 g/mol. The van der Waals surface area contributed by atoms with Gasteiger partial charge in [-0.05, 0) is 63.5 Å². The van der Waals surface area contributed by atoms with Crippen LogP contribution in [0.1, 0.15) is 77.6 Å². The highest BCUT2D eigenvalue weighted by atomic mass is 32.1. The molecule has 2 saturated carbocycles. The summed E-state index contributed by atoms with van der Waals surface area (Å²) >= 11 is 1.25. The van der Waals surface area contributed by atoms with Gasteiger partial charge >= 0.3 is 12.1 Å². The molecular weight excluding hydrogens is 729 g/mol. The quantitative estimate of drug-likeness (QED) is 0.220. The number of hydrogen-bond acceptors (Lipinski definition) is 11. The molecule has 1 aromatic carbocycles. The molecule has 55 heavy (non-hydrogen) atoms. The first-order valence-corrected chi connectivity index (χ1v) is 19.8. The van der Waals surface area contributed by atoms with Crippen LogP contribution in [0.25, 0.3) is 22.3 Å². The van der Waals surface area contributed by atoms with Crippen molar-refractivity contribution in [2.24, 2.45) is 5.92 Å². The highest BCUT2D eigenvalue weighted by Crippen LogP contribution is 2.45. The molecule has 3 fully saturated rings. The molecule has 0 bridgehead atoms. The minimum atomic E-state index is -1.47. The summed E-state index contributed by atoms with van der Waals surface area (Å²) in [6.07, 6.45) is 9.41. The Bertz CT molecular complexity index is 2000. The third-order valence-electron chi connectivity index (χ3n) is 10.8. The normalized spacial score (nSPS) is 26.5. The van der Waals surface area contributed by atoms with E-state index in [1.54, 1.807) is 30.7 Å². The predicted molar refractivity (Wildman–Crippen MR) is 203 cm³/mol. The van der Waals surface area contributed by atoms with Gasteiger partial charge in [0.1, 0.15) is 47.0 Å². The minimum Gasteiger partial charge on any atom is -0.497 e. The number of fused-ring (bicyclic) bond motifs is 3. The van der Waals surface area contributed by atoms with E-state index in [9.17, 15) is 29.1 Å². The monoisotopic (exact) mass is 774 g/mol. The summed E-state index contributed by atoms with van der Waals surface area (Å²) in [7, 11) is 1.55. The number of hydrogen-bond donors (Lipinski definition) is 4. The van der Waals surface area contributed by atoms with Crippen molar-refractivity contribution in [2.45, 2.75) is 107 Å². The zero-order valence-corrected chi connectivity index (χ0v) is 31.7. The van der Waals surface area contributed by atoms with Crippen molar-refractivity contribution < 1.29 is 43.3 Å². The molecule has 0 radical (unpaired) electrons. The third-order valence-corrected chi connectivity index (χ3v) is 11.6. The Balaban J connectivity index is 1.20. The van der Waals surface area contributed by atoms with Crippen LogP contribution in [0.15, 0.2) is 41.8 Å². The second-order valence-corrected chi connectivity index (χ2v) is 15.6. The van der Waals surface area contributed by atoms with Crippen LogP contribution in [-0.2, 0) is 23.9 Å². The number of amides is 4. The zero-order chi connectivity index (χ0) is 38.7. The number of aliphatic carboxylic acids is 1. The maximum absolute atomic E-state index is 14.5. The lowest BCUT2D eigenvalue weighted by atomic mass is 10.0. The number of carboxylic acids is 1. The predicted octanol–water partition coefficient (Wildman–Crippen LogP) is 5.19. The van der Waals surface area contributed by atoms with Crippen LogP contribution in [0.2, 0.25) is 0 Å². The lowest BCUT2D eigenvalue weighted by molar-refractivity contribution is -0.145. The number of benzene rings is 1. The topological polar surface area (TPSA) is 198 Å². The van der Waals surface area contributed by atoms with Crippen molar-refractivity contribution in [3.8, 4) is 22.9 Å². The smallest absolute Gasteiger partial charge is 0.408 e. The Labute approximate surface area is 322 Å². The van der Waals surface area contributed by atoms with Crippen LogP contribution in [-0.4, -0.2) is 93.2 Å². The van der Waals surface area contributed by atoms with Crippen molar-refractivity contribution >= 4 is 57.2 Å². The summed E-state index contributed by atoms with van der Waals surface area (Å²) in [5.41, 5.74) is 0.0426. The average Bonchev–Trinajstić information content (AvgIpc) is 3.58. The van der Waals surface area contributed by atoms with Gasteiger partial charge in [-0.2, -0.15) is 0 Å². The largest absolute Gasteiger partial charge is 0.497 e. The number of methoxy groups -OCH3 is 1. The number of carboxylic acid groups (broad SMARTS) is 1. The number of rotatable bonds is 8. The Morgan fingerprint density at radius 2 is 1.82 bits per heavy atom. The second-order valence-electron chi connectivity index (χ2n) is 14.7. The molecule has 4 N–H and O–H groups in total. The van der Waals surface area contributed by atoms with E-state index < -0.39 is 47.6 Å². The zero-order valence-electron chi connectivity index (χ0n) is 30.9. The first-order chi connectivity index (χ1) is 26.5. The van der Waals surface area contributed by atoms with Crippen LogP contribution in [0.5, 0.6) is 11.5 Å². The molecule has 5 atom stereocenters. The summed E-state index contributed by atoms with van der Waals surface area (Å²) in [5.74, 6) is -1.83. The van der Waals surface area contributed by atoms with Gasteiger partial charge in [-0.25, -0.2) is 19.6 Å². The lowest BCUT2D eigenvalue weighted by Crippen LogP contribution is -2.56. The van der Waals surface area contributed by atoms with Crippen molar-refractivity contribution in [3.05, 3.63) is 41.8 Å². The molecule has 3 aromatic rings. The van der Waals surface area contributed by atoms with E-state index in [1.165, 1.54) is 23.2 Å². The van der Waals surface area contributed by atoms with Gasteiger partial charge in [0.05, 0.1) is 24.9 Å². The van der Waals surface area contributed by atoms with Gasteiger partial charge in [0, 0.05) is 42.2 Å². The number of carbonyl (C=O) groups is 5. The maximum Gasteiger partial charge on any atom is 0.408 e. The number of allylic oxidation sites excluding steroid dienone is 1. The number of pyridine rings is 1. The first kappa shape index (κ1) is 38.0. The molecule has 4 amide bonds. The van der Waals surface area contributed by atoms with Gasteiger partial charge in [-0.15, -0.1) is 11.3 Å². The van der Waals surface area contributed by atoms with Gasteiger partial charge in [-0.1, -0.05) is 25.0 Å². The van der Waals surface area contributed by atoms with Crippen molar-refractivity contribution in [1.29, 1.82) is 0 Å². The number of nitrogens with zero attached hydrogens (tertiary/aromatic N) is 3. The van der Waals surface area contributed by atoms with Gasteiger partial charge in [0.2, 0.25) is 17.7 Å². The Morgan fingerprint density at radius 1 is 1.02 bits per heavy atom. The molecule has 292 valence electrons. The fraction of sp³-hybridized carbons (Fsp3) is 0.513. The first-order valence-electron chi connectivity index (χ1n) is 18.9. The van der Waals surface area contributed by atoms with Crippen LogP contribution in [0.3, 0.4) is 0 Å². The molecule has 1 unspecified atom stereocenters. The van der Waals surface area contributed by atoms with E-state index in [1.807, 2.05) is 18.2 Å². The van der Waals surface area contributed by atoms with Crippen LogP contribution >= 0.6 is 11.3 Å². The number of ether oxygens (including phenoxy) is 3. The lowest BCUT2D eigenvalue weighted by Gasteiger charge is -2.29. The molecule has 16 heteroatoms. The van der Waals surface area contributed by atoms with E-state index in [0.717, 1.165) is 44.9 Å². The second kappa shape index (κ2) is 16.2. The van der Waals surface area contributed by atoms with Crippen molar-refractivity contribution in [3.63, 3.8) is 0 Å². The van der Waals surface area contributed by atoms with Crippen LogP contribution in [0.4, 0.5) is 9.93 Å². The van der Waals surface area contributed by atoms with E-state index >= 15 is 0 Å². The number of nitrogens with one attached hydrogen (secondary N) is 3. The third kappa shape index (κ3) is 8.53. The van der Waals surface area contributed by atoms with E-state index in [2.05, 4.69) is 20.9 Å². The molecule has 4 heterocycles. The Morgan fingerprint density at radius 3 is 2.58 bits per heavy atom. The molecule has 0 spiro atoms. The number of carbonyl (C=O) groups excluding carboxylic acids is 4. The van der Waals surface area contributed by atoms with E-state index in [-0.39, 0.29) is 37.3 Å². The number of aromatic nitrogens is 2. The summed E-state index contributed by atoms with van der Waals surface area (Å²) < 4.78 is 17.8. The van der Waals surface area contributed by atoms with Crippen molar-refractivity contribution in [2.75, 3.05) is 19.0 Å². The van der Waals surface area contributed by atoms with E-state index in [0.29, 0.717) is 51.8 Å². The van der Waals surface area contributed by atoms with Crippen molar-refractivity contribution in [1.82, 2.24) is 25.5 Å². The molecule has 2 aliphatic carbocycles. The fourth-order valence-electron chi connectivity index (χ4n) is 7.79. The number of thiazole rings is 1. The van der Waals surface area contributed by atoms with Gasteiger partial charge in [-0.3, -0.25) is 14.4 Å². The molecule has 2 aliphatic heterocycles. The number of alkyl carbamates (subject to hydrolysis) is 1. The summed E-state index contributed by atoms with van der Waals surface area (Å²) in [6, 6.07) is 5.03. The Hall–Kier alpha value is -5.25. The molecule has 1 saturated heterocycles. The van der Waals surface area contributed by atoms with Crippen LogP contribution in [0, 0.1) is 5.92 Å². The fourth-order valence-corrected chi connectivity index (χ4v) is 8.54. The van der Waals surface area contributed by atoms with E-state index in [4.69, 9.17) is 19.2 Å². The molecular formula is C39H46N6O9S. The Kier molecular flexibility index (Phi) is 11.2. The summed E-state index contributed by atoms with van der Waals surface area (Å²) in [5, 5.41) is 21.4. The standard InChI is InChI=1S/C39H46N6O9S/c1-22(46)40-37-42-31(21-55-37)30-18-33(27-15-14-25(52-2)16-29(27)41-30)53-26-17-32-34(47)44-39(36(49)50)19-23(39)10-6-4-3-5-7-13-28(35(48)45(32)20-26)43-38(51)54-24-11-8-9-12-24/h6,10,14-16,18,21,23-24,26,28,32H,3-5,7-9,11-13,17,19-20H2,1-2H3,(H,43,51)(H,44,47)(H,49,50)(H,40,42,46)/b10-6-/t23-,26-,28-,32?,39-/m1/s1.